The molecule has 0 saturated carbocycles. The molecule has 1 N–H and O–H groups in total. The quantitative estimate of drug-likeness (QED) is 0.758. The van der Waals surface area contributed by atoms with E-state index in [0.29, 0.717) is 26.2 Å². The van der Waals surface area contributed by atoms with Crippen molar-refractivity contribution in [2.45, 2.75) is 77.4 Å². The van der Waals surface area contributed by atoms with Gasteiger partial charge in [0.25, 0.3) is 0 Å². The van der Waals surface area contributed by atoms with E-state index in [9.17, 15) is 9.59 Å². The monoisotopic (exact) mass is 385 g/mol. The van der Waals surface area contributed by atoms with E-state index in [-0.39, 0.29) is 29.2 Å². The maximum absolute atomic E-state index is 12.8. The minimum absolute atomic E-state index is 0.0591. The number of hydrogen-bond acceptors (Lipinski definition) is 4. The molecule has 0 aromatic rings. The van der Waals surface area contributed by atoms with Crippen molar-refractivity contribution < 1.29 is 18.8 Å². The van der Waals surface area contributed by atoms with Crippen molar-refractivity contribution in [3.8, 4) is 0 Å². The number of hydrogen-bond donors (Lipinski definition) is 1. The van der Waals surface area contributed by atoms with E-state index < -0.39 is 13.9 Å². The van der Waals surface area contributed by atoms with Crippen molar-refractivity contribution in [1.82, 2.24) is 15.1 Å². The Labute approximate surface area is 158 Å². The molecule has 2 unspecified atom stereocenters. The van der Waals surface area contributed by atoms with Crippen LogP contribution in [0.4, 0.5) is 9.59 Å². The fourth-order valence-corrected chi connectivity index (χ4v) is 4.03. The molecule has 0 bridgehead atoms. The van der Waals surface area contributed by atoms with Crippen molar-refractivity contribution in [2.75, 3.05) is 26.2 Å². The second-order valence-electron chi connectivity index (χ2n) is 9.76. The third-order valence-electron chi connectivity index (χ3n) is 5.60. The highest BCUT2D eigenvalue weighted by Crippen LogP contribution is 2.37. The molecule has 3 amide bonds. The number of nitrogens with one attached hydrogen (secondary N) is 1. The maximum Gasteiger partial charge on any atom is 0.410 e. The van der Waals surface area contributed by atoms with Crippen LogP contribution in [0.15, 0.2) is 0 Å². The number of carbonyl (C=O) groups is 2. The van der Waals surface area contributed by atoms with Crippen molar-refractivity contribution in [3.63, 3.8) is 0 Å². The SMILES string of the molecule is CC(C)(C)OC(=O)N1CCN2C(=O)NCC2C1CO[Si](C)(C)C(C)(C)C. The highest BCUT2D eigenvalue weighted by molar-refractivity contribution is 6.74. The van der Waals surface area contributed by atoms with Crippen molar-refractivity contribution in [1.29, 1.82) is 0 Å². The smallest absolute Gasteiger partial charge is 0.410 e. The minimum atomic E-state index is -1.96. The van der Waals surface area contributed by atoms with E-state index in [1.165, 1.54) is 0 Å². The lowest BCUT2D eigenvalue weighted by Crippen LogP contribution is -2.63. The summed E-state index contributed by atoms with van der Waals surface area (Å²) < 4.78 is 12.0. The van der Waals surface area contributed by atoms with Crippen LogP contribution >= 0.6 is 0 Å². The molecule has 2 heterocycles. The number of amides is 3. The van der Waals surface area contributed by atoms with E-state index in [2.05, 4.69) is 39.2 Å². The van der Waals surface area contributed by atoms with E-state index in [1.807, 2.05) is 25.7 Å². The Bertz CT molecular complexity index is 554. The second kappa shape index (κ2) is 7.03. The summed E-state index contributed by atoms with van der Waals surface area (Å²) in [7, 11) is -1.96. The summed E-state index contributed by atoms with van der Waals surface area (Å²) in [6.45, 7) is 18.5. The molecular weight excluding hydrogens is 350 g/mol. The zero-order valence-electron chi connectivity index (χ0n) is 17.5. The maximum atomic E-state index is 12.8. The van der Waals surface area contributed by atoms with Gasteiger partial charge >= 0.3 is 12.1 Å². The molecule has 0 aliphatic carbocycles. The van der Waals surface area contributed by atoms with Crippen LogP contribution in [-0.2, 0) is 9.16 Å². The first-order chi connectivity index (χ1) is 11.7. The molecular formula is C18H35N3O4Si. The predicted octanol–water partition coefficient (Wildman–Crippen LogP) is 3.02. The van der Waals surface area contributed by atoms with E-state index in [0.717, 1.165) is 0 Å². The Morgan fingerprint density at radius 3 is 2.35 bits per heavy atom. The molecule has 7 nitrogen and oxygen atoms in total. The van der Waals surface area contributed by atoms with Crippen LogP contribution in [-0.4, -0.2) is 74.2 Å². The number of ether oxygens (including phenoxy) is 1. The highest BCUT2D eigenvalue weighted by atomic mass is 28.4. The van der Waals surface area contributed by atoms with Gasteiger partial charge < -0.3 is 19.4 Å². The van der Waals surface area contributed by atoms with Gasteiger partial charge in [-0.05, 0) is 38.9 Å². The molecule has 2 atom stereocenters. The summed E-state index contributed by atoms with van der Waals surface area (Å²) in [6, 6.07) is -0.337. The highest BCUT2D eigenvalue weighted by Gasteiger charge is 2.47. The zero-order valence-corrected chi connectivity index (χ0v) is 18.5. The van der Waals surface area contributed by atoms with E-state index >= 15 is 0 Å². The van der Waals surface area contributed by atoms with Crippen LogP contribution in [0, 0.1) is 0 Å². The van der Waals surface area contributed by atoms with Gasteiger partial charge in [0.05, 0.1) is 18.7 Å². The minimum Gasteiger partial charge on any atom is -0.444 e. The summed E-state index contributed by atoms with van der Waals surface area (Å²) >= 11 is 0. The van der Waals surface area contributed by atoms with Crippen molar-refractivity contribution >= 4 is 20.4 Å². The van der Waals surface area contributed by atoms with Gasteiger partial charge in [-0.25, -0.2) is 9.59 Å². The van der Waals surface area contributed by atoms with Crippen molar-refractivity contribution in [2.24, 2.45) is 0 Å². The van der Waals surface area contributed by atoms with Gasteiger partial charge in [0.15, 0.2) is 8.32 Å². The molecule has 0 aromatic heterocycles. The first kappa shape index (κ1) is 21.0. The first-order valence-electron chi connectivity index (χ1n) is 9.41. The molecule has 150 valence electrons. The Morgan fingerprint density at radius 2 is 1.81 bits per heavy atom. The fraction of sp³-hybridized carbons (Fsp3) is 0.889. The van der Waals surface area contributed by atoms with Crippen LogP contribution in [0.2, 0.25) is 18.1 Å². The molecule has 2 aliphatic rings. The average Bonchev–Trinajstić information content (AvgIpc) is 2.83. The standard InChI is InChI=1S/C18H35N3O4Si/c1-17(2,3)25-16(23)21-10-9-20-13(11-19-15(20)22)14(21)12-24-26(7,8)18(4,5)6/h13-14H,9-12H2,1-8H3,(H,19,22). The number of nitrogens with zero attached hydrogens (tertiary/aromatic N) is 2. The Morgan fingerprint density at radius 1 is 1.19 bits per heavy atom. The summed E-state index contributed by atoms with van der Waals surface area (Å²) in [4.78, 5) is 28.4. The summed E-state index contributed by atoms with van der Waals surface area (Å²) in [5, 5.41) is 2.98. The Balaban J connectivity index is 2.19. The molecule has 2 fully saturated rings. The first-order valence-corrected chi connectivity index (χ1v) is 12.3. The van der Waals surface area contributed by atoms with Gasteiger partial charge in [0, 0.05) is 19.6 Å². The molecule has 2 saturated heterocycles. The van der Waals surface area contributed by atoms with Gasteiger partial charge in [0.1, 0.15) is 5.60 Å². The summed E-state index contributed by atoms with van der Waals surface area (Å²) in [5.74, 6) is 0. The zero-order chi connectivity index (χ0) is 19.9. The molecule has 8 heteroatoms. The Kier molecular flexibility index (Phi) is 5.69. The lowest BCUT2D eigenvalue weighted by Gasteiger charge is -2.45. The average molecular weight is 386 g/mol. The van der Waals surface area contributed by atoms with Gasteiger partial charge in [-0.2, -0.15) is 0 Å². The summed E-state index contributed by atoms with van der Waals surface area (Å²) in [5.41, 5.74) is -0.553. The second-order valence-corrected chi connectivity index (χ2v) is 14.6. The molecule has 2 rings (SSSR count). The fourth-order valence-electron chi connectivity index (χ4n) is 3.01. The lowest BCUT2D eigenvalue weighted by molar-refractivity contribution is -0.0155. The van der Waals surface area contributed by atoms with Crippen molar-refractivity contribution in [3.05, 3.63) is 0 Å². The van der Waals surface area contributed by atoms with Gasteiger partial charge in [-0.15, -0.1) is 0 Å². The number of urea groups is 1. The lowest BCUT2D eigenvalue weighted by atomic mass is 10.0. The molecule has 0 spiro atoms. The number of fused-ring (bicyclic) bond motifs is 1. The number of piperazine rings is 1. The van der Waals surface area contributed by atoms with E-state index in [1.54, 1.807) is 4.90 Å². The van der Waals surface area contributed by atoms with Crippen LogP contribution in [0.5, 0.6) is 0 Å². The normalized spacial score (nSPS) is 24.4. The molecule has 0 aromatic carbocycles. The van der Waals surface area contributed by atoms with Crippen LogP contribution < -0.4 is 5.32 Å². The van der Waals surface area contributed by atoms with E-state index in [4.69, 9.17) is 9.16 Å². The van der Waals surface area contributed by atoms with Crippen LogP contribution in [0.25, 0.3) is 0 Å². The van der Waals surface area contributed by atoms with Gasteiger partial charge in [0.2, 0.25) is 0 Å². The molecule has 2 aliphatic heterocycles. The Hall–Kier alpha value is -1.28. The summed E-state index contributed by atoms with van der Waals surface area (Å²) in [6.07, 6.45) is -0.333. The largest absolute Gasteiger partial charge is 0.444 e. The topological polar surface area (TPSA) is 71.1 Å². The van der Waals surface area contributed by atoms with Gasteiger partial charge in [-0.3, -0.25) is 4.90 Å². The predicted molar refractivity (Wildman–Crippen MR) is 104 cm³/mol. The van der Waals surface area contributed by atoms with Crippen LogP contribution in [0.3, 0.4) is 0 Å². The molecule has 0 radical (unpaired) electrons. The number of carbonyl (C=O) groups excluding carboxylic acids is 2. The van der Waals surface area contributed by atoms with Gasteiger partial charge in [-0.1, -0.05) is 20.8 Å². The third kappa shape index (κ3) is 4.51. The van der Waals surface area contributed by atoms with Crippen LogP contribution in [0.1, 0.15) is 41.5 Å². The number of rotatable bonds is 3. The molecule has 26 heavy (non-hydrogen) atoms. The third-order valence-corrected chi connectivity index (χ3v) is 10.1.